The Hall–Kier alpha value is -0.890. The summed E-state index contributed by atoms with van der Waals surface area (Å²) in [6.07, 6.45) is -5.65. The van der Waals surface area contributed by atoms with E-state index in [-0.39, 0.29) is 30.8 Å². The number of aliphatic hydroxyl groups excluding tert-OH is 3. The molecule has 11 heteroatoms. The highest BCUT2D eigenvalue weighted by Gasteiger charge is 2.48. The molecule has 2 fully saturated rings. The smallest absolute Gasteiger partial charge is 0.311 e. The third-order valence-electron chi connectivity index (χ3n) is 9.62. The van der Waals surface area contributed by atoms with Crippen molar-refractivity contribution < 1.29 is 44.5 Å². The Balaban J connectivity index is 2.52. The topological polar surface area (TPSA) is 152 Å². The molecule has 11 nitrogen and oxygen atoms in total. The second-order valence-corrected chi connectivity index (χ2v) is 13.6. The van der Waals surface area contributed by atoms with E-state index in [2.05, 4.69) is 0 Å². The Morgan fingerprint density at radius 2 is 1.63 bits per heavy atom. The number of hydrogen-bond donors (Lipinski definition) is 5. The van der Waals surface area contributed by atoms with E-state index in [1.54, 1.807) is 34.6 Å². The minimum atomic E-state index is -1.72. The number of esters is 1. The lowest BCUT2D eigenvalue weighted by Crippen LogP contribution is -2.56. The summed E-state index contributed by atoms with van der Waals surface area (Å²) in [5, 5.41) is 56.3. The van der Waals surface area contributed by atoms with E-state index in [1.165, 1.54) is 6.92 Å². The van der Waals surface area contributed by atoms with Gasteiger partial charge in [-0.3, -0.25) is 4.79 Å². The summed E-state index contributed by atoms with van der Waals surface area (Å²) in [5.41, 5.74) is -3.27. The van der Waals surface area contributed by atoms with Gasteiger partial charge in [0.25, 0.3) is 0 Å². The summed E-state index contributed by atoms with van der Waals surface area (Å²) in [6, 6.07) is -0.436. The van der Waals surface area contributed by atoms with Gasteiger partial charge in [-0.05, 0) is 74.5 Å². The first-order valence-corrected chi connectivity index (χ1v) is 15.1. The van der Waals surface area contributed by atoms with Crippen molar-refractivity contribution in [3.05, 3.63) is 0 Å². The quantitative estimate of drug-likeness (QED) is 0.298. The highest BCUT2D eigenvalue weighted by Crippen LogP contribution is 2.35. The summed E-state index contributed by atoms with van der Waals surface area (Å²) in [6.45, 7) is 14.1. The predicted octanol–water partition coefficient (Wildman–Crippen LogP) is 0.976. The van der Waals surface area contributed by atoms with E-state index in [9.17, 15) is 30.3 Å². The molecular formula is C30H58N2O9. The average Bonchev–Trinajstić information content (AvgIpc) is 2.88. The van der Waals surface area contributed by atoms with E-state index >= 15 is 0 Å². The molecule has 242 valence electrons. The van der Waals surface area contributed by atoms with Crippen LogP contribution in [-0.4, -0.2) is 135 Å². The summed E-state index contributed by atoms with van der Waals surface area (Å²) < 4.78 is 18.3. The summed E-state index contributed by atoms with van der Waals surface area (Å²) in [4.78, 5) is 17.5. The lowest BCUT2D eigenvalue weighted by Gasteiger charge is -2.44. The molecule has 0 aromatic carbocycles. The maximum Gasteiger partial charge on any atom is 0.311 e. The second-order valence-electron chi connectivity index (χ2n) is 13.6. The molecule has 41 heavy (non-hydrogen) atoms. The highest BCUT2D eigenvalue weighted by atomic mass is 16.7. The van der Waals surface area contributed by atoms with Crippen LogP contribution in [0, 0.1) is 17.8 Å². The fourth-order valence-corrected chi connectivity index (χ4v) is 6.62. The number of rotatable bonds is 4. The predicted molar refractivity (Wildman–Crippen MR) is 155 cm³/mol. The van der Waals surface area contributed by atoms with Crippen molar-refractivity contribution in [3.8, 4) is 0 Å². The molecule has 2 rings (SSSR count). The standard InChI is InChI=1S/C30H58N2O9/c1-12-22-30(8,38)26(34)16(2)15-32(11)17(3)14-29(7,37)27(35)18(4)25(19(5)28(36)40-22)41-23-13-21(31(9)10)24(33)20(6)39-23/h16-27,33-35,37-38H,12-15H2,1-11H3/t16-,17+,18-,19+,20?,21?,22+,23-,24+,25-,26+,27+,29+,30+/m0/s1. The molecule has 0 bridgehead atoms. The zero-order valence-corrected chi connectivity index (χ0v) is 27.0. The molecule has 14 atom stereocenters. The van der Waals surface area contributed by atoms with Crippen LogP contribution in [0.5, 0.6) is 0 Å². The van der Waals surface area contributed by atoms with Crippen LogP contribution in [-0.2, 0) is 19.0 Å². The van der Waals surface area contributed by atoms with Gasteiger partial charge in [0.1, 0.15) is 11.7 Å². The van der Waals surface area contributed by atoms with Gasteiger partial charge >= 0.3 is 5.97 Å². The fourth-order valence-electron chi connectivity index (χ4n) is 6.62. The van der Waals surface area contributed by atoms with Crippen molar-refractivity contribution in [2.45, 2.75) is 141 Å². The molecule has 2 aliphatic heterocycles. The van der Waals surface area contributed by atoms with E-state index in [1.807, 2.05) is 44.8 Å². The first-order valence-electron chi connectivity index (χ1n) is 15.1. The van der Waals surface area contributed by atoms with Gasteiger partial charge in [0.05, 0.1) is 42.0 Å². The van der Waals surface area contributed by atoms with Crippen molar-refractivity contribution >= 4 is 5.97 Å². The lowest BCUT2D eigenvalue weighted by atomic mass is 9.79. The fraction of sp³-hybridized carbons (Fsp3) is 0.967. The molecule has 0 aromatic heterocycles. The van der Waals surface area contributed by atoms with Gasteiger partial charge in [0.15, 0.2) is 6.29 Å². The zero-order chi connectivity index (χ0) is 31.6. The Kier molecular flexibility index (Phi) is 12.6. The van der Waals surface area contributed by atoms with E-state index < -0.39 is 71.9 Å². The number of carbonyl (C=O) groups excluding carboxylic acids is 1. The molecule has 0 aromatic rings. The average molecular weight is 591 g/mol. The van der Waals surface area contributed by atoms with Crippen molar-refractivity contribution in [3.63, 3.8) is 0 Å². The monoisotopic (exact) mass is 590 g/mol. The van der Waals surface area contributed by atoms with Crippen LogP contribution < -0.4 is 0 Å². The van der Waals surface area contributed by atoms with E-state index in [4.69, 9.17) is 14.2 Å². The Bertz CT molecular complexity index is 841. The van der Waals surface area contributed by atoms with Crippen LogP contribution in [0.25, 0.3) is 0 Å². The van der Waals surface area contributed by atoms with E-state index in [0.29, 0.717) is 13.0 Å². The first kappa shape index (κ1) is 36.3. The van der Waals surface area contributed by atoms with Gasteiger partial charge in [0.2, 0.25) is 0 Å². The lowest BCUT2D eigenvalue weighted by molar-refractivity contribution is -0.269. The number of ether oxygens (including phenoxy) is 3. The van der Waals surface area contributed by atoms with Gasteiger partial charge < -0.3 is 49.5 Å². The highest BCUT2D eigenvalue weighted by molar-refractivity contribution is 5.73. The van der Waals surface area contributed by atoms with Crippen LogP contribution in [0.4, 0.5) is 0 Å². The molecule has 0 spiro atoms. The molecular weight excluding hydrogens is 532 g/mol. The third-order valence-corrected chi connectivity index (χ3v) is 9.62. The third kappa shape index (κ3) is 8.39. The van der Waals surface area contributed by atoms with Crippen LogP contribution in [0.3, 0.4) is 0 Å². The SMILES string of the molecule is CC[C@H]1OC(=O)[C@H](C)[C@@H](O[C@H]2CC(N(C)C)[C@H](O)C(C)O2)[C@H](C)[C@@H](O)[C@](C)(O)C[C@@H](C)N(C)C[C@H](C)[C@@H](O)[C@]1(C)O. The van der Waals surface area contributed by atoms with Gasteiger partial charge in [0, 0.05) is 31.0 Å². The van der Waals surface area contributed by atoms with Gasteiger partial charge in [-0.15, -0.1) is 0 Å². The van der Waals surface area contributed by atoms with Crippen LogP contribution in [0.15, 0.2) is 0 Å². The minimum Gasteiger partial charge on any atom is -0.459 e. The molecule has 2 saturated heterocycles. The van der Waals surface area contributed by atoms with Crippen LogP contribution >= 0.6 is 0 Å². The number of cyclic esters (lactones) is 1. The second kappa shape index (κ2) is 14.3. The molecule has 2 heterocycles. The van der Waals surface area contributed by atoms with Gasteiger partial charge in [-0.1, -0.05) is 20.8 Å². The number of nitrogens with zero attached hydrogens (tertiary/aromatic N) is 2. The minimum absolute atomic E-state index is 0.182. The summed E-state index contributed by atoms with van der Waals surface area (Å²) in [5.74, 6) is -2.70. The van der Waals surface area contributed by atoms with Crippen molar-refractivity contribution in [1.29, 1.82) is 0 Å². The maximum absolute atomic E-state index is 13.6. The summed E-state index contributed by atoms with van der Waals surface area (Å²) in [7, 11) is 5.59. The van der Waals surface area contributed by atoms with Crippen molar-refractivity contribution in [1.82, 2.24) is 9.80 Å². The molecule has 2 unspecified atom stereocenters. The first-order chi connectivity index (χ1) is 18.8. The molecule has 0 saturated carbocycles. The number of likely N-dealkylation sites (N-methyl/N-ethyl adjacent to an activating group) is 1. The van der Waals surface area contributed by atoms with Gasteiger partial charge in [-0.25, -0.2) is 0 Å². The molecule has 0 radical (unpaired) electrons. The van der Waals surface area contributed by atoms with Crippen LogP contribution in [0.1, 0.15) is 74.7 Å². The number of aliphatic hydroxyl groups is 5. The molecule has 0 amide bonds. The molecule has 5 N–H and O–H groups in total. The zero-order valence-electron chi connectivity index (χ0n) is 27.0. The number of carbonyl (C=O) groups is 1. The Morgan fingerprint density at radius 1 is 1.05 bits per heavy atom. The Labute approximate surface area is 246 Å². The van der Waals surface area contributed by atoms with Crippen molar-refractivity contribution in [2.75, 3.05) is 27.7 Å². The number of hydrogen-bond acceptors (Lipinski definition) is 11. The van der Waals surface area contributed by atoms with E-state index in [0.717, 1.165) is 0 Å². The van der Waals surface area contributed by atoms with Crippen molar-refractivity contribution in [2.24, 2.45) is 17.8 Å². The van der Waals surface area contributed by atoms with Gasteiger partial charge in [-0.2, -0.15) is 0 Å². The maximum atomic E-state index is 13.6. The van der Waals surface area contributed by atoms with Crippen LogP contribution in [0.2, 0.25) is 0 Å². The molecule has 2 aliphatic rings. The Morgan fingerprint density at radius 3 is 2.17 bits per heavy atom. The summed E-state index contributed by atoms with van der Waals surface area (Å²) >= 11 is 0. The largest absolute Gasteiger partial charge is 0.459 e. The molecule has 0 aliphatic carbocycles. The normalized spacial score (nSPS) is 48.4.